The summed E-state index contributed by atoms with van der Waals surface area (Å²) in [7, 11) is 0. The van der Waals surface area contributed by atoms with Crippen LogP contribution in [0.2, 0.25) is 0 Å². The molecule has 0 amide bonds. The topological polar surface area (TPSA) is 0 Å². The van der Waals surface area contributed by atoms with Crippen molar-refractivity contribution in [1.82, 2.24) is 0 Å². The fourth-order valence-corrected chi connectivity index (χ4v) is 0. The first-order chi connectivity index (χ1) is 1.91. The Morgan fingerprint density at radius 2 is 2.25 bits per heavy atom. The van der Waals surface area contributed by atoms with E-state index in [9.17, 15) is 0 Å². The molecule has 0 aromatic heterocycles. The molecule has 0 heterocycles. The molecule has 4 heavy (non-hydrogen) atoms. The van der Waals surface area contributed by atoms with Crippen LogP contribution in [-0.4, -0.2) is 4.23 Å². The van der Waals surface area contributed by atoms with Gasteiger partial charge in [-0.2, -0.15) is 0 Å². The third-order valence-corrected chi connectivity index (χ3v) is 1.01. The van der Waals surface area contributed by atoms with Crippen molar-refractivity contribution in [3.63, 3.8) is 0 Å². The zero-order valence-corrected chi connectivity index (χ0v) is 4.75. The van der Waals surface area contributed by atoms with Crippen molar-refractivity contribution >= 4 is 4.23 Å². The number of hydrogen-bond acceptors (Lipinski definition) is 0. The van der Waals surface area contributed by atoms with E-state index >= 15 is 0 Å². The van der Waals surface area contributed by atoms with Crippen LogP contribution in [0.1, 0.15) is 13.3 Å². The van der Waals surface area contributed by atoms with Crippen LogP contribution in [0.5, 0.6) is 0 Å². The van der Waals surface area contributed by atoms with Gasteiger partial charge in [0.25, 0.3) is 0 Å². The van der Waals surface area contributed by atoms with Gasteiger partial charge in [-0.25, -0.2) is 0 Å². The molecule has 0 nitrogen and oxygen atoms in total. The molecule has 1 heteroatoms. The van der Waals surface area contributed by atoms with E-state index in [-0.39, 0.29) is 0 Å². The van der Waals surface area contributed by atoms with Crippen molar-refractivity contribution in [3.05, 3.63) is 0 Å². The van der Waals surface area contributed by atoms with Crippen LogP contribution >= 0.6 is 0 Å². The van der Waals surface area contributed by atoms with Crippen LogP contribution in [0.3, 0.4) is 0 Å². The fourth-order valence-electron chi connectivity index (χ4n) is 0. The normalized spacial score (nSPS) is 6.75. The van der Waals surface area contributed by atoms with E-state index in [0.717, 1.165) is 0 Å². The molecule has 0 aromatic rings. The summed E-state index contributed by atoms with van der Waals surface area (Å²) in [6.45, 7) is 2.11. The third-order valence-electron chi connectivity index (χ3n) is 0.123. The Morgan fingerprint density at radius 3 is 2.25 bits per heavy atom. The van der Waals surface area contributed by atoms with Crippen LogP contribution in [0.4, 0.5) is 0 Å². The van der Waals surface area contributed by atoms with E-state index < -0.39 is 0 Å². The molecular weight excluding hydrogens is 233 g/mol. The summed E-state index contributed by atoms with van der Waals surface area (Å²) < 4.78 is 2.07. The molecule has 0 bridgehead atoms. The monoisotopic (exact) mass is 239 g/mol. The van der Waals surface area contributed by atoms with Crippen LogP contribution in [-0.2, 0) is 20.6 Å². The summed E-state index contributed by atoms with van der Waals surface area (Å²) in [5, 5.41) is 0. The third kappa shape index (κ3) is 2.61. The second-order valence-electron chi connectivity index (χ2n) is 0.531. The van der Waals surface area contributed by atoms with Crippen molar-refractivity contribution in [2.24, 2.45) is 0 Å². The SMILES string of the molecule is CC[CH]=[Au]. The Bertz CT molecular complexity index is 17.2. The van der Waals surface area contributed by atoms with Gasteiger partial charge in [-0.1, -0.05) is 0 Å². The number of rotatable bonds is 1. The molecule has 0 radical (unpaired) electrons. The zero-order valence-electron chi connectivity index (χ0n) is 2.59. The molecule has 0 N–H and O–H groups in total. The first-order valence-electron chi connectivity index (χ1n) is 1.29. The minimum atomic E-state index is 1.17. The number of hydrogen-bond donors (Lipinski definition) is 0. The van der Waals surface area contributed by atoms with Crippen LogP contribution in [0.25, 0.3) is 0 Å². The van der Waals surface area contributed by atoms with E-state index in [1.54, 1.807) is 0 Å². The standard InChI is InChI=1S/C3H6.Au/c1-3-2;/h1H,3H2,2H3;. The van der Waals surface area contributed by atoms with E-state index in [4.69, 9.17) is 0 Å². The molecular formula is C3H6Au. The molecule has 0 aliphatic heterocycles. The van der Waals surface area contributed by atoms with Crippen molar-refractivity contribution in [3.8, 4) is 0 Å². The van der Waals surface area contributed by atoms with Crippen LogP contribution < -0.4 is 0 Å². The van der Waals surface area contributed by atoms with Gasteiger partial charge in [0.05, 0.1) is 0 Å². The average molecular weight is 239 g/mol. The van der Waals surface area contributed by atoms with Gasteiger partial charge in [-0.05, 0) is 0 Å². The predicted octanol–water partition coefficient (Wildman–Crippen LogP) is 0.745. The van der Waals surface area contributed by atoms with Crippen molar-refractivity contribution < 1.29 is 20.6 Å². The van der Waals surface area contributed by atoms with Crippen LogP contribution in [0, 0.1) is 0 Å². The van der Waals surface area contributed by atoms with E-state index in [2.05, 4.69) is 31.8 Å². The van der Waals surface area contributed by atoms with Crippen LogP contribution in [0.15, 0.2) is 0 Å². The predicted molar refractivity (Wildman–Crippen MR) is 16.4 cm³/mol. The first-order valence-corrected chi connectivity index (χ1v) is 2.54. The quantitative estimate of drug-likeness (QED) is 0.592. The van der Waals surface area contributed by atoms with Gasteiger partial charge < -0.3 is 0 Å². The van der Waals surface area contributed by atoms with Crippen molar-refractivity contribution in [2.75, 3.05) is 0 Å². The van der Waals surface area contributed by atoms with Crippen molar-refractivity contribution in [2.45, 2.75) is 13.3 Å². The maximum atomic E-state index is 2.37. The molecule has 0 atom stereocenters. The first kappa shape index (κ1) is 4.61. The summed E-state index contributed by atoms with van der Waals surface area (Å²) in [6.07, 6.45) is 1.17. The molecule has 0 unspecified atom stereocenters. The molecule has 0 spiro atoms. The summed E-state index contributed by atoms with van der Waals surface area (Å²) in [6, 6.07) is 0. The van der Waals surface area contributed by atoms with Gasteiger partial charge in [-0.15, -0.1) is 0 Å². The Kier molecular flexibility index (Phi) is 4.16. The minimum absolute atomic E-state index is 1.17. The fraction of sp³-hybridized carbons (Fsp3) is 0.667. The Hall–Kier alpha value is 0.610. The van der Waals surface area contributed by atoms with Gasteiger partial charge in [0.1, 0.15) is 0 Å². The van der Waals surface area contributed by atoms with Gasteiger partial charge in [-0.3, -0.25) is 0 Å². The van der Waals surface area contributed by atoms with Gasteiger partial charge >= 0.3 is 38.2 Å². The van der Waals surface area contributed by atoms with Crippen molar-refractivity contribution in [1.29, 1.82) is 0 Å². The Morgan fingerprint density at radius 1 is 2.00 bits per heavy atom. The summed E-state index contributed by atoms with van der Waals surface area (Å²) >= 11 is 2.37. The Balaban J connectivity index is 2.30. The van der Waals surface area contributed by atoms with Gasteiger partial charge in [0.2, 0.25) is 0 Å². The molecule has 0 saturated heterocycles. The van der Waals surface area contributed by atoms with Gasteiger partial charge in [0.15, 0.2) is 0 Å². The average Bonchev–Trinajstić information content (AvgIpc) is 1.37. The molecule has 0 aliphatic carbocycles. The maximum absolute atomic E-state index is 2.37. The Labute approximate surface area is 38.6 Å². The summed E-state index contributed by atoms with van der Waals surface area (Å²) in [4.78, 5) is 0. The molecule has 0 aromatic carbocycles. The van der Waals surface area contributed by atoms with E-state index in [1.165, 1.54) is 6.42 Å². The molecule has 0 saturated carbocycles. The second-order valence-corrected chi connectivity index (χ2v) is 1.42. The molecule has 0 fully saturated rings. The molecule has 29 valence electrons. The van der Waals surface area contributed by atoms with E-state index in [0.29, 0.717) is 0 Å². The summed E-state index contributed by atoms with van der Waals surface area (Å²) in [5.74, 6) is 0. The summed E-state index contributed by atoms with van der Waals surface area (Å²) in [5.41, 5.74) is 0. The van der Waals surface area contributed by atoms with E-state index in [1.807, 2.05) is 0 Å². The second kappa shape index (κ2) is 3.61. The molecule has 0 rings (SSSR count). The zero-order chi connectivity index (χ0) is 3.41. The molecule has 0 aliphatic rings. The van der Waals surface area contributed by atoms with Gasteiger partial charge in [0, 0.05) is 0 Å².